The number of rotatable bonds is 0. The molecule has 0 atom stereocenters. The molecule has 1 aliphatic rings. The Bertz CT molecular complexity index is 230. The topological polar surface area (TPSA) is 20.2 Å². The van der Waals surface area contributed by atoms with Crippen LogP contribution in [0.1, 0.15) is 5.56 Å². The second-order valence-electron chi connectivity index (χ2n) is 2.05. The van der Waals surface area contributed by atoms with E-state index in [0.717, 1.165) is 10.6 Å². The number of benzene rings is 1. The summed E-state index contributed by atoms with van der Waals surface area (Å²) in [6.45, 7) is 0. The van der Waals surface area contributed by atoms with Crippen molar-refractivity contribution in [3.63, 3.8) is 0 Å². The standard InChI is InChI=1S/C7H6OS/c8-6-3-1-2-5-4-9-7(5)6/h1-3,8H,4H2. The zero-order valence-corrected chi connectivity index (χ0v) is 5.61. The van der Waals surface area contributed by atoms with Crippen LogP contribution in [0.2, 0.25) is 0 Å². The molecule has 0 saturated carbocycles. The molecule has 0 radical (unpaired) electrons. The Morgan fingerprint density at radius 1 is 1.44 bits per heavy atom. The van der Waals surface area contributed by atoms with Gasteiger partial charge in [-0.3, -0.25) is 0 Å². The highest BCUT2D eigenvalue weighted by molar-refractivity contribution is 8.00. The van der Waals surface area contributed by atoms with Gasteiger partial charge in [0.1, 0.15) is 5.75 Å². The zero-order valence-electron chi connectivity index (χ0n) is 4.79. The molecular formula is C7H6OS. The number of hydrogen-bond donors (Lipinski definition) is 1. The lowest BCUT2D eigenvalue weighted by molar-refractivity contribution is 0.460. The molecule has 0 bridgehead atoms. The number of hydrogen-bond acceptors (Lipinski definition) is 2. The summed E-state index contributed by atoms with van der Waals surface area (Å²) in [5, 5.41) is 9.13. The quantitative estimate of drug-likeness (QED) is 0.591. The first kappa shape index (κ1) is 5.18. The van der Waals surface area contributed by atoms with Crippen LogP contribution in [0, 0.1) is 0 Å². The number of phenols is 1. The predicted molar refractivity (Wildman–Crippen MR) is 37.7 cm³/mol. The van der Waals surface area contributed by atoms with E-state index in [4.69, 9.17) is 5.11 Å². The molecule has 2 rings (SSSR count). The average Bonchev–Trinajstić information content (AvgIpc) is 1.74. The fourth-order valence-electron chi connectivity index (χ4n) is 0.921. The smallest absolute Gasteiger partial charge is 0.129 e. The summed E-state index contributed by atoms with van der Waals surface area (Å²) in [6, 6.07) is 5.66. The maximum atomic E-state index is 9.13. The SMILES string of the molecule is Oc1cccc2c1SC2. The number of fused-ring (bicyclic) bond motifs is 1. The van der Waals surface area contributed by atoms with Crippen LogP contribution in [0.4, 0.5) is 0 Å². The average molecular weight is 138 g/mol. The van der Waals surface area contributed by atoms with Crippen LogP contribution < -0.4 is 0 Å². The lowest BCUT2D eigenvalue weighted by Crippen LogP contribution is -1.94. The Morgan fingerprint density at radius 3 is 2.78 bits per heavy atom. The molecule has 0 fully saturated rings. The van der Waals surface area contributed by atoms with Gasteiger partial charge < -0.3 is 5.11 Å². The highest BCUT2D eigenvalue weighted by atomic mass is 32.2. The fraction of sp³-hybridized carbons (Fsp3) is 0.143. The van der Waals surface area contributed by atoms with Gasteiger partial charge in [0.25, 0.3) is 0 Å². The van der Waals surface area contributed by atoms with E-state index in [1.165, 1.54) is 5.56 Å². The van der Waals surface area contributed by atoms with E-state index in [9.17, 15) is 0 Å². The van der Waals surface area contributed by atoms with Crippen LogP contribution in [0.25, 0.3) is 0 Å². The molecule has 9 heavy (non-hydrogen) atoms. The van der Waals surface area contributed by atoms with Gasteiger partial charge in [-0.2, -0.15) is 0 Å². The molecule has 46 valence electrons. The van der Waals surface area contributed by atoms with E-state index in [0.29, 0.717) is 5.75 Å². The van der Waals surface area contributed by atoms with Crippen LogP contribution in [0.15, 0.2) is 23.1 Å². The monoisotopic (exact) mass is 138 g/mol. The zero-order chi connectivity index (χ0) is 6.27. The van der Waals surface area contributed by atoms with Crippen molar-refractivity contribution in [3.05, 3.63) is 23.8 Å². The second-order valence-corrected chi connectivity index (χ2v) is 3.04. The lowest BCUT2D eigenvalue weighted by Gasteiger charge is -2.17. The third kappa shape index (κ3) is 0.630. The second kappa shape index (κ2) is 1.67. The molecule has 1 aromatic rings. The van der Waals surface area contributed by atoms with E-state index in [1.807, 2.05) is 12.1 Å². The molecule has 1 heterocycles. The Kier molecular flexibility index (Phi) is 0.963. The van der Waals surface area contributed by atoms with E-state index in [2.05, 4.69) is 0 Å². The number of phenolic OH excluding ortho intramolecular Hbond substituents is 1. The van der Waals surface area contributed by atoms with Gasteiger partial charge in [-0.1, -0.05) is 12.1 Å². The summed E-state index contributed by atoms with van der Waals surface area (Å²) in [7, 11) is 0. The third-order valence-corrected chi connectivity index (χ3v) is 2.66. The molecule has 1 aromatic carbocycles. The molecule has 1 N–H and O–H groups in total. The Balaban J connectivity index is 2.64. The van der Waals surface area contributed by atoms with Crippen molar-refractivity contribution >= 4 is 11.8 Å². The first-order valence-corrected chi connectivity index (χ1v) is 3.80. The predicted octanol–water partition coefficient (Wildman–Crippen LogP) is 2.00. The fourth-order valence-corrected chi connectivity index (χ4v) is 1.76. The van der Waals surface area contributed by atoms with Gasteiger partial charge in [0, 0.05) is 5.75 Å². The normalized spacial score (nSPS) is 14.2. The van der Waals surface area contributed by atoms with Crippen molar-refractivity contribution in [3.8, 4) is 5.75 Å². The van der Waals surface area contributed by atoms with Crippen LogP contribution >= 0.6 is 11.8 Å². The molecule has 2 heteroatoms. The first-order chi connectivity index (χ1) is 4.38. The third-order valence-electron chi connectivity index (χ3n) is 1.45. The van der Waals surface area contributed by atoms with Crippen molar-refractivity contribution < 1.29 is 5.11 Å². The molecule has 0 amide bonds. The van der Waals surface area contributed by atoms with Crippen molar-refractivity contribution in [1.29, 1.82) is 0 Å². The van der Waals surface area contributed by atoms with E-state index in [-0.39, 0.29) is 0 Å². The van der Waals surface area contributed by atoms with E-state index in [1.54, 1.807) is 17.8 Å². The molecule has 0 aromatic heterocycles. The summed E-state index contributed by atoms with van der Waals surface area (Å²) >= 11 is 1.71. The maximum Gasteiger partial charge on any atom is 0.129 e. The minimum absolute atomic E-state index is 0.434. The van der Waals surface area contributed by atoms with Gasteiger partial charge in [0.2, 0.25) is 0 Å². The van der Waals surface area contributed by atoms with Crippen molar-refractivity contribution in [2.24, 2.45) is 0 Å². The van der Waals surface area contributed by atoms with Crippen molar-refractivity contribution in [1.82, 2.24) is 0 Å². The van der Waals surface area contributed by atoms with Crippen LogP contribution in [0.3, 0.4) is 0 Å². The molecule has 1 nitrogen and oxygen atoms in total. The van der Waals surface area contributed by atoms with Gasteiger partial charge >= 0.3 is 0 Å². The lowest BCUT2D eigenvalue weighted by atomic mass is 10.2. The summed E-state index contributed by atoms with van der Waals surface area (Å²) in [5.41, 5.74) is 1.28. The van der Waals surface area contributed by atoms with Crippen LogP contribution in [0.5, 0.6) is 5.75 Å². The summed E-state index contributed by atoms with van der Waals surface area (Å²) in [5.74, 6) is 1.49. The molecule has 0 spiro atoms. The molecule has 1 aliphatic heterocycles. The number of thioether (sulfide) groups is 1. The van der Waals surface area contributed by atoms with Gasteiger partial charge in [-0.15, -0.1) is 11.8 Å². The highest BCUT2D eigenvalue weighted by Gasteiger charge is 2.16. The molecule has 0 unspecified atom stereocenters. The maximum absolute atomic E-state index is 9.13. The molecular weight excluding hydrogens is 132 g/mol. The minimum Gasteiger partial charge on any atom is -0.507 e. The summed E-state index contributed by atoms with van der Waals surface area (Å²) in [4.78, 5) is 1.07. The largest absolute Gasteiger partial charge is 0.507 e. The Labute approximate surface area is 57.7 Å². The Morgan fingerprint density at radius 2 is 2.33 bits per heavy atom. The van der Waals surface area contributed by atoms with Gasteiger partial charge in [-0.05, 0) is 11.6 Å². The molecule has 0 saturated heterocycles. The minimum atomic E-state index is 0.434. The van der Waals surface area contributed by atoms with Crippen molar-refractivity contribution in [2.45, 2.75) is 10.6 Å². The first-order valence-electron chi connectivity index (χ1n) is 2.81. The summed E-state index contributed by atoms with van der Waals surface area (Å²) < 4.78 is 0. The van der Waals surface area contributed by atoms with Gasteiger partial charge in [0.15, 0.2) is 0 Å². The van der Waals surface area contributed by atoms with Gasteiger partial charge in [-0.25, -0.2) is 0 Å². The highest BCUT2D eigenvalue weighted by Crippen LogP contribution is 2.43. The number of aromatic hydroxyl groups is 1. The summed E-state index contributed by atoms with van der Waals surface area (Å²) in [6.07, 6.45) is 0. The van der Waals surface area contributed by atoms with Crippen LogP contribution in [-0.4, -0.2) is 5.11 Å². The molecule has 0 aliphatic carbocycles. The Hall–Kier alpha value is -0.630. The van der Waals surface area contributed by atoms with Gasteiger partial charge in [0.05, 0.1) is 4.90 Å². The van der Waals surface area contributed by atoms with E-state index >= 15 is 0 Å². The van der Waals surface area contributed by atoms with Crippen LogP contribution in [-0.2, 0) is 5.75 Å². The van der Waals surface area contributed by atoms with E-state index < -0.39 is 0 Å². The van der Waals surface area contributed by atoms with Crippen molar-refractivity contribution in [2.75, 3.05) is 0 Å².